The predicted molar refractivity (Wildman–Crippen MR) is 56.0 cm³/mol. The average molecular weight is 194 g/mol. The van der Waals surface area contributed by atoms with Gasteiger partial charge in [-0.05, 0) is 24.8 Å². The molecule has 1 rings (SSSR count). The third-order valence-corrected chi connectivity index (χ3v) is 2.89. The van der Waals surface area contributed by atoms with E-state index in [1.165, 1.54) is 0 Å². The number of hydrogen-bond donors (Lipinski definition) is 0. The van der Waals surface area contributed by atoms with Crippen LogP contribution in [0.5, 0.6) is 0 Å². The van der Waals surface area contributed by atoms with Crippen molar-refractivity contribution in [2.24, 2.45) is 5.92 Å². The highest BCUT2D eigenvalue weighted by Gasteiger charge is 2.21. The number of ketones is 2. The maximum Gasteiger partial charge on any atom is 0.158 e. The van der Waals surface area contributed by atoms with Crippen LogP contribution in [0.2, 0.25) is 0 Å². The third kappa shape index (κ3) is 2.53. The monoisotopic (exact) mass is 194 g/mol. The minimum absolute atomic E-state index is 0.174. The Morgan fingerprint density at radius 3 is 2.50 bits per heavy atom. The number of hydrogen-bond acceptors (Lipinski definition) is 2. The summed E-state index contributed by atoms with van der Waals surface area (Å²) >= 11 is 0. The first kappa shape index (κ1) is 11.2. The molecule has 0 saturated carbocycles. The lowest BCUT2D eigenvalue weighted by molar-refractivity contribution is -0.123. The van der Waals surface area contributed by atoms with Gasteiger partial charge in [-0.25, -0.2) is 0 Å². The second-order valence-electron chi connectivity index (χ2n) is 3.80. The van der Waals surface area contributed by atoms with Crippen molar-refractivity contribution in [3.63, 3.8) is 0 Å². The molecule has 1 aliphatic carbocycles. The highest BCUT2D eigenvalue weighted by Crippen LogP contribution is 2.25. The lowest BCUT2D eigenvalue weighted by Crippen LogP contribution is -2.18. The summed E-state index contributed by atoms with van der Waals surface area (Å²) in [6.07, 6.45) is 5.60. The Kier molecular flexibility index (Phi) is 4.05. The molecule has 0 radical (unpaired) electrons. The fraction of sp³-hybridized carbons (Fsp3) is 0.667. The molecule has 1 atom stereocenters. The second-order valence-corrected chi connectivity index (χ2v) is 3.80. The van der Waals surface area contributed by atoms with Gasteiger partial charge in [-0.15, -0.1) is 0 Å². The lowest BCUT2D eigenvalue weighted by Gasteiger charge is -2.19. The van der Waals surface area contributed by atoms with Gasteiger partial charge in [0.1, 0.15) is 5.78 Å². The fourth-order valence-corrected chi connectivity index (χ4v) is 1.90. The zero-order valence-electron chi connectivity index (χ0n) is 9.01. The normalized spacial score (nSPS) is 21.6. The van der Waals surface area contributed by atoms with E-state index in [1.807, 2.05) is 19.9 Å². The van der Waals surface area contributed by atoms with Crippen molar-refractivity contribution in [1.82, 2.24) is 0 Å². The summed E-state index contributed by atoms with van der Waals surface area (Å²) in [5.74, 6) is 0.755. The van der Waals surface area contributed by atoms with Gasteiger partial charge in [-0.2, -0.15) is 0 Å². The van der Waals surface area contributed by atoms with E-state index in [-0.39, 0.29) is 11.7 Å². The molecule has 0 amide bonds. The Balaban J connectivity index is 2.55. The molecular formula is C12H18O2. The van der Waals surface area contributed by atoms with Crippen molar-refractivity contribution >= 4 is 11.6 Å². The summed E-state index contributed by atoms with van der Waals surface area (Å²) in [7, 11) is 0. The quantitative estimate of drug-likeness (QED) is 0.689. The van der Waals surface area contributed by atoms with Crippen LogP contribution in [-0.2, 0) is 9.59 Å². The number of carbonyl (C=O) groups excluding carboxylic acids is 2. The van der Waals surface area contributed by atoms with Crippen LogP contribution in [0.3, 0.4) is 0 Å². The van der Waals surface area contributed by atoms with Crippen molar-refractivity contribution in [2.45, 2.75) is 46.0 Å². The first-order chi connectivity index (χ1) is 6.69. The first-order valence-electron chi connectivity index (χ1n) is 5.44. The molecule has 0 aromatic carbocycles. The molecule has 1 unspecified atom stereocenters. The standard InChI is InChI=1S/C12H18O2/c1-3-11(13)9-5-7-10(8-6-9)12(14)4-2/h5,10H,3-4,6-8H2,1-2H3. The van der Waals surface area contributed by atoms with Gasteiger partial charge < -0.3 is 0 Å². The van der Waals surface area contributed by atoms with E-state index >= 15 is 0 Å². The summed E-state index contributed by atoms with van der Waals surface area (Å²) in [6.45, 7) is 3.78. The van der Waals surface area contributed by atoms with Gasteiger partial charge in [0.25, 0.3) is 0 Å². The number of carbonyl (C=O) groups is 2. The van der Waals surface area contributed by atoms with Crippen molar-refractivity contribution < 1.29 is 9.59 Å². The van der Waals surface area contributed by atoms with Gasteiger partial charge in [-0.1, -0.05) is 19.9 Å². The van der Waals surface area contributed by atoms with E-state index in [9.17, 15) is 9.59 Å². The smallest absolute Gasteiger partial charge is 0.158 e. The maximum atomic E-state index is 11.4. The van der Waals surface area contributed by atoms with Crippen LogP contribution in [-0.4, -0.2) is 11.6 Å². The van der Waals surface area contributed by atoms with Gasteiger partial charge >= 0.3 is 0 Å². The van der Waals surface area contributed by atoms with E-state index in [0.717, 1.165) is 24.8 Å². The summed E-state index contributed by atoms with van der Waals surface area (Å²) in [4.78, 5) is 22.8. The summed E-state index contributed by atoms with van der Waals surface area (Å²) in [6, 6.07) is 0. The van der Waals surface area contributed by atoms with Gasteiger partial charge in [0, 0.05) is 18.8 Å². The number of Topliss-reactive ketones (excluding diaryl/α,β-unsaturated/α-hetero) is 2. The van der Waals surface area contributed by atoms with Gasteiger partial charge in [0.2, 0.25) is 0 Å². The molecule has 0 saturated heterocycles. The van der Waals surface area contributed by atoms with Gasteiger partial charge in [0.05, 0.1) is 0 Å². The molecule has 0 aromatic heterocycles. The van der Waals surface area contributed by atoms with E-state index in [2.05, 4.69) is 0 Å². The van der Waals surface area contributed by atoms with Crippen LogP contribution in [0.25, 0.3) is 0 Å². The number of rotatable bonds is 4. The molecule has 2 heteroatoms. The van der Waals surface area contributed by atoms with Crippen LogP contribution in [0.15, 0.2) is 11.6 Å². The molecule has 78 valence electrons. The van der Waals surface area contributed by atoms with Crippen molar-refractivity contribution in [1.29, 1.82) is 0 Å². The number of allylic oxidation sites excluding steroid dienone is 2. The molecule has 0 heterocycles. The minimum Gasteiger partial charge on any atom is -0.299 e. The molecule has 0 N–H and O–H groups in total. The Bertz CT molecular complexity index is 263. The average Bonchev–Trinajstić information content (AvgIpc) is 2.27. The first-order valence-corrected chi connectivity index (χ1v) is 5.44. The second kappa shape index (κ2) is 5.08. The topological polar surface area (TPSA) is 34.1 Å². The van der Waals surface area contributed by atoms with Crippen LogP contribution < -0.4 is 0 Å². The zero-order valence-corrected chi connectivity index (χ0v) is 9.01. The molecule has 2 nitrogen and oxygen atoms in total. The molecular weight excluding hydrogens is 176 g/mol. The summed E-state index contributed by atoms with van der Waals surface area (Å²) < 4.78 is 0. The van der Waals surface area contributed by atoms with Gasteiger partial charge in [-0.3, -0.25) is 9.59 Å². The Labute approximate surface area is 85.4 Å². The third-order valence-electron chi connectivity index (χ3n) is 2.89. The zero-order chi connectivity index (χ0) is 10.6. The van der Waals surface area contributed by atoms with Crippen molar-refractivity contribution in [2.75, 3.05) is 0 Å². The Morgan fingerprint density at radius 1 is 1.36 bits per heavy atom. The maximum absolute atomic E-state index is 11.4. The molecule has 0 aromatic rings. The van der Waals surface area contributed by atoms with Crippen molar-refractivity contribution in [3.05, 3.63) is 11.6 Å². The van der Waals surface area contributed by atoms with Crippen LogP contribution in [0.1, 0.15) is 46.0 Å². The van der Waals surface area contributed by atoms with Crippen LogP contribution >= 0.6 is 0 Å². The van der Waals surface area contributed by atoms with Crippen LogP contribution in [0.4, 0.5) is 0 Å². The Morgan fingerprint density at radius 2 is 2.07 bits per heavy atom. The van der Waals surface area contributed by atoms with E-state index in [4.69, 9.17) is 0 Å². The molecule has 0 spiro atoms. The SMILES string of the molecule is CCC(=O)C1=CCC(C(=O)CC)CC1. The summed E-state index contributed by atoms with van der Waals surface area (Å²) in [5.41, 5.74) is 0.938. The Hall–Kier alpha value is -0.920. The minimum atomic E-state index is 0.174. The van der Waals surface area contributed by atoms with E-state index in [0.29, 0.717) is 18.6 Å². The largest absolute Gasteiger partial charge is 0.299 e. The van der Waals surface area contributed by atoms with Crippen molar-refractivity contribution in [3.8, 4) is 0 Å². The molecule has 0 bridgehead atoms. The molecule has 1 aliphatic rings. The molecule has 14 heavy (non-hydrogen) atoms. The highest BCUT2D eigenvalue weighted by molar-refractivity contribution is 5.95. The molecule has 0 fully saturated rings. The van der Waals surface area contributed by atoms with E-state index in [1.54, 1.807) is 0 Å². The summed E-state index contributed by atoms with van der Waals surface area (Å²) in [5, 5.41) is 0. The molecule has 0 aliphatic heterocycles. The van der Waals surface area contributed by atoms with E-state index < -0.39 is 0 Å². The predicted octanol–water partition coefficient (Wildman–Crippen LogP) is 2.67. The lowest BCUT2D eigenvalue weighted by atomic mass is 9.84. The fourth-order valence-electron chi connectivity index (χ4n) is 1.90. The highest BCUT2D eigenvalue weighted by atomic mass is 16.1. The van der Waals surface area contributed by atoms with Gasteiger partial charge in [0.15, 0.2) is 5.78 Å². The van der Waals surface area contributed by atoms with Crippen LogP contribution in [0, 0.1) is 5.92 Å².